The highest BCUT2D eigenvalue weighted by molar-refractivity contribution is 7.99. The number of amides is 1. The standard InChI is InChI=1S/C14H19NO2S/c1-9(2)12(16)7-15-14(17)11-8-18-13-6-4-3-5-10(11)13/h3-6,9,11-12,16H,7-8H2,1-2H3,(H,15,17). The molecular formula is C14H19NO2S. The van der Waals surface area contributed by atoms with Gasteiger partial charge in [-0.3, -0.25) is 4.79 Å². The summed E-state index contributed by atoms with van der Waals surface area (Å²) in [5.41, 5.74) is 1.11. The molecule has 2 N–H and O–H groups in total. The normalized spacial score (nSPS) is 19.7. The first-order chi connectivity index (χ1) is 8.59. The van der Waals surface area contributed by atoms with E-state index in [1.807, 2.05) is 32.0 Å². The van der Waals surface area contributed by atoms with Crippen molar-refractivity contribution < 1.29 is 9.90 Å². The van der Waals surface area contributed by atoms with Crippen LogP contribution in [0.1, 0.15) is 25.3 Å². The number of thioether (sulfide) groups is 1. The average Bonchev–Trinajstić information content (AvgIpc) is 2.79. The lowest BCUT2D eigenvalue weighted by Gasteiger charge is -2.17. The van der Waals surface area contributed by atoms with Gasteiger partial charge < -0.3 is 10.4 Å². The first-order valence-corrected chi connectivity index (χ1v) is 7.25. The van der Waals surface area contributed by atoms with E-state index in [1.54, 1.807) is 11.8 Å². The number of benzene rings is 1. The SMILES string of the molecule is CC(C)C(O)CNC(=O)C1CSc2ccccc21. The first-order valence-electron chi connectivity index (χ1n) is 6.27. The number of hydrogen-bond acceptors (Lipinski definition) is 3. The number of rotatable bonds is 4. The maximum atomic E-state index is 12.1. The third kappa shape index (κ3) is 2.87. The summed E-state index contributed by atoms with van der Waals surface area (Å²) < 4.78 is 0. The van der Waals surface area contributed by atoms with Gasteiger partial charge >= 0.3 is 0 Å². The number of aliphatic hydroxyl groups excluding tert-OH is 1. The lowest BCUT2D eigenvalue weighted by Crippen LogP contribution is -2.37. The molecule has 0 radical (unpaired) electrons. The van der Waals surface area contributed by atoms with E-state index >= 15 is 0 Å². The van der Waals surface area contributed by atoms with Crippen molar-refractivity contribution in [3.63, 3.8) is 0 Å². The number of carbonyl (C=O) groups is 1. The van der Waals surface area contributed by atoms with E-state index in [-0.39, 0.29) is 17.7 Å². The predicted octanol–water partition coefficient (Wildman–Crippen LogP) is 2.01. The molecule has 0 bridgehead atoms. The monoisotopic (exact) mass is 265 g/mol. The van der Waals surface area contributed by atoms with Crippen LogP contribution in [0.3, 0.4) is 0 Å². The lowest BCUT2D eigenvalue weighted by molar-refractivity contribution is -0.122. The van der Waals surface area contributed by atoms with Gasteiger partial charge in [0.1, 0.15) is 0 Å². The van der Waals surface area contributed by atoms with Crippen molar-refractivity contribution in [2.45, 2.75) is 30.8 Å². The van der Waals surface area contributed by atoms with E-state index in [1.165, 1.54) is 4.90 Å². The van der Waals surface area contributed by atoms with Crippen LogP contribution < -0.4 is 5.32 Å². The Morgan fingerprint density at radius 2 is 2.22 bits per heavy atom. The Morgan fingerprint density at radius 1 is 1.50 bits per heavy atom. The van der Waals surface area contributed by atoms with Crippen molar-refractivity contribution in [1.29, 1.82) is 0 Å². The van der Waals surface area contributed by atoms with E-state index in [4.69, 9.17) is 0 Å². The van der Waals surface area contributed by atoms with Gasteiger partial charge in [0, 0.05) is 17.2 Å². The lowest BCUT2D eigenvalue weighted by atomic mass is 10.00. The van der Waals surface area contributed by atoms with Gasteiger partial charge in [-0.2, -0.15) is 0 Å². The summed E-state index contributed by atoms with van der Waals surface area (Å²) in [7, 11) is 0. The highest BCUT2D eigenvalue weighted by atomic mass is 32.2. The van der Waals surface area contributed by atoms with Crippen molar-refractivity contribution in [1.82, 2.24) is 5.32 Å². The van der Waals surface area contributed by atoms with E-state index in [9.17, 15) is 9.90 Å². The molecule has 0 spiro atoms. The minimum absolute atomic E-state index is 0.0205. The molecule has 2 unspecified atom stereocenters. The molecule has 1 amide bonds. The Kier molecular flexibility index (Phi) is 4.30. The van der Waals surface area contributed by atoms with Crippen LogP contribution in [0, 0.1) is 5.92 Å². The second-order valence-electron chi connectivity index (χ2n) is 4.96. The van der Waals surface area contributed by atoms with E-state index in [0.29, 0.717) is 6.54 Å². The summed E-state index contributed by atoms with van der Waals surface area (Å²) in [4.78, 5) is 13.3. The van der Waals surface area contributed by atoms with Crippen LogP contribution in [-0.2, 0) is 4.79 Å². The van der Waals surface area contributed by atoms with E-state index < -0.39 is 6.10 Å². The summed E-state index contributed by atoms with van der Waals surface area (Å²) >= 11 is 1.72. The Hall–Kier alpha value is -1.00. The molecule has 2 atom stereocenters. The van der Waals surface area contributed by atoms with Gasteiger partial charge in [-0.25, -0.2) is 0 Å². The number of hydrogen-bond donors (Lipinski definition) is 2. The van der Waals surface area contributed by atoms with Crippen LogP contribution in [0.5, 0.6) is 0 Å². The van der Waals surface area contributed by atoms with Gasteiger partial charge in [-0.05, 0) is 17.5 Å². The third-order valence-electron chi connectivity index (χ3n) is 3.27. The molecule has 0 saturated heterocycles. The summed E-state index contributed by atoms with van der Waals surface area (Å²) in [6.07, 6.45) is -0.474. The average molecular weight is 265 g/mol. The number of fused-ring (bicyclic) bond motifs is 1. The summed E-state index contributed by atoms with van der Waals surface area (Å²) in [5.74, 6) is 0.899. The van der Waals surface area contributed by atoms with Gasteiger partial charge in [-0.1, -0.05) is 32.0 Å². The topological polar surface area (TPSA) is 49.3 Å². The molecule has 0 saturated carbocycles. The van der Waals surface area contributed by atoms with Crippen molar-refractivity contribution in [3.8, 4) is 0 Å². The minimum Gasteiger partial charge on any atom is -0.391 e. The highest BCUT2D eigenvalue weighted by Crippen LogP contribution is 2.39. The molecule has 98 valence electrons. The zero-order valence-electron chi connectivity index (χ0n) is 10.7. The van der Waals surface area contributed by atoms with Gasteiger partial charge in [0.2, 0.25) is 5.91 Å². The van der Waals surface area contributed by atoms with Crippen molar-refractivity contribution in [3.05, 3.63) is 29.8 Å². The molecule has 0 aromatic heterocycles. The Balaban J connectivity index is 1.95. The minimum atomic E-state index is -0.474. The Labute approximate surface area is 112 Å². The zero-order chi connectivity index (χ0) is 13.1. The Morgan fingerprint density at radius 3 is 2.94 bits per heavy atom. The van der Waals surface area contributed by atoms with E-state index in [0.717, 1.165) is 11.3 Å². The fraction of sp³-hybridized carbons (Fsp3) is 0.500. The van der Waals surface area contributed by atoms with Crippen LogP contribution in [-0.4, -0.2) is 29.4 Å². The fourth-order valence-electron chi connectivity index (χ4n) is 1.94. The molecule has 2 rings (SSSR count). The summed E-state index contributed by atoms with van der Waals surface area (Å²) in [5, 5.41) is 12.5. The largest absolute Gasteiger partial charge is 0.391 e. The first kappa shape index (κ1) is 13.4. The number of nitrogens with one attached hydrogen (secondary N) is 1. The van der Waals surface area contributed by atoms with Crippen LogP contribution in [0.25, 0.3) is 0 Å². The summed E-state index contributed by atoms with van der Waals surface area (Å²) in [6, 6.07) is 8.03. The molecule has 3 nitrogen and oxygen atoms in total. The highest BCUT2D eigenvalue weighted by Gasteiger charge is 2.29. The van der Waals surface area contributed by atoms with Gasteiger partial charge in [0.05, 0.1) is 12.0 Å². The molecular weight excluding hydrogens is 246 g/mol. The summed E-state index contributed by atoms with van der Waals surface area (Å²) in [6.45, 7) is 4.22. The fourth-order valence-corrected chi connectivity index (χ4v) is 3.17. The number of aliphatic hydroxyl groups is 1. The third-order valence-corrected chi connectivity index (χ3v) is 4.45. The smallest absolute Gasteiger partial charge is 0.228 e. The van der Waals surface area contributed by atoms with Gasteiger partial charge in [-0.15, -0.1) is 11.8 Å². The molecule has 18 heavy (non-hydrogen) atoms. The molecule has 1 aliphatic rings. The second kappa shape index (κ2) is 5.76. The molecule has 1 aromatic rings. The van der Waals surface area contributed by atoms with Gasteiger partial charge in [0.15, 0.2) is 0 Å². The molecule has 1 aromatic carbocycles. The zero-order valence-corrected chi connectivity index (χ0v) is 11.5. The van der Waals surface area contributed by atoms with Gasteiger partial charge in [0.25, 0.3) is 0 Å². The van der Waals surface area contributed by atoms with Crippen LogP contribution >= 0.6 is 11.8 Å². The van der Waals surface area contributed by atoms with Crippen molar-refractivity contribution in [2.75, 3.05) is 12.3 Å². The molecule has 4 heteroatoms. The molecule has 0 fully saturated rings. The van der Waals surface area contributed by atoms with Crippen LogP contribution in [0.2, 0.25) is 0 Å². The van der Waals surface area contributed by atoms with Crippen molar-refractivity contribution >= 4 is 17.7 Å². The Bertz CT molecular complexity index is 434. The van der Waals surface area contributed by atoms with Crippen LogP contribution in [0.15, 0.2) is 29.2 Å². The van der Waals surface area contributed by atoms with Crippen LogP contribution in [0.4, 0.5) is 0 Å². The maximum Gasteiger partial charge on any atom is 0.228 e. The predicted molar refractivity (Wildman–Crippen MR) is 73.8 cm³/mol. The quantitative estimate of drug-likeness (QED) is 0.875. The van der Waals surface area contributed by atoms with E-state index in [2.05, 4.69) is 11.4 Å². The molecule has 1 aliphatic heterocycles. The molecule has 1 heterocycles. The maximum absolute atomic E-state index is 12.1. The van der Waals surface area contributed by atoms with Crippen molar-refractivity contribution in [2.24, 2.45) is 5.92 Å². The number of carbonyl (C=O) groups excluding carboxylic acids is 1. The second-order valence-corrected chi connectivity index (χ2v) is 6.02. The molecule has 0 aliphatic carbocycles.